The standard InChI is InChI=1S/C11H13NO3/c1-7(2)9(11(14)15)10(13)8-5-3-4-6-12-8/h3-7,9H,1-2H3,(H,14,15). The van der Waals surface area contributed by atoms with E-state index >= 15 is 0 Å². The zero-order valence-corrected chi connectivity index (χ0v) is 8.68. The van der Waals surface area contributed by atoms with E-state index < -0.39 is 17.7 Å². The van der Waals surface area contributed by atoms with E-state index in [-0.39, 0.29) is 11.6 Å². The number of carbonyl (C=O) groups excluding carboxylic acids is 1. The molecule has 0 spiro atoms. The van der Waals surface area contributed by atoms with E-state index in [0.29, 0.717) is 0 Å². The largest absolute Gasteiger partial charge is 0.481 e. The smallest absolute Gasteiger partial charge is 0.314 e. The summed E-state index contributed by atoms with van der Waals surface area (Å²) in [7, 11) is 0. The second-order valence-corrected chi connectivity index (χ2v) is 3.64. The van der Waals surface area contributed by atoms with Crippen molar-refractivity contribution in [3.63, 3.8) is 0 Å². The van der Waals surface area contributed by atoms with Gasteiger partial charge in [-0.25, -0.2) is 0 Å². The van der Waals surface area contributed by atoms with Gasteiger partial charge in [-0.15, -0.1) is 0 Å². The molecule has 0 bridgehead atoms. The zero-order valence-electron chi connectivity index (χ0n) is 8.68. The van der Waals surface area contributed by atoms with Crippen molar-refractivity contribution in [1.29, 1.82) is 0 Å². The number of pyridine rings is 1. The third-order valence-corrected chi connectivity index (χ3v) is 2.13. The van der Waals surface area contributed by atoms with Crippen LogP contribution in [-0.4, -0.2) is 21.8 Å². The van der Waals surface area contributed by atoms with Crippen molar-refractivity contribution in [2.24, 2.45) is 11.8 Å². The summed E-state index contributed by atoms with van der Waals surface area (Å²) in [6.07, 6.45) is 1.48. The maximum absolute atomic E-state index is 11.8. The molecular formula is C11H13NO3. The fraction of sp³-hybridized carbons (Fsp3) is 0.364. The van der Waals surface area contributed by atoms with Gasteiger partial charge in [0.1, 0.15) is 11.6 Å². The maximum Gasteiger partial charge on any atom is 0.314 e. The number of nitrogens with zero attached hydrogens (tertiary/aromatic N) is 1. The molecule has 0 aliphatic rings. The van der Waals surface area contributed by atoms with Gasteiger partial charge in [0.15, 0.2) is 5.78 Å². The molecule has 0 saturated heterocycles. The van der Waals surface area contributed by atoms with Gasteiger partial charge in [0.05, 0.1) is 0 Å². The summed E-state index contributed by atoms with van der Waals surface area (Å²) >= 11 is 0. The highest BCUT2D eigenvalue weighted by molar-refractivity contribution is 6.07. The number of carboxylic acid groups (broad SMARTS) is 1. The number of carboxylic acids is 1. The van der Waals surface area contributed by atoms with Gasteiger partial charge in [-0.05, 0) is 18.1 Å². The van der Waals surface area contributed by atoms with Gasteiger partial charge in [0.25, 0.3) is 0 Å². The van der Waals surface area contributed by atoms with Crippen molar-refractivity contribution in [3.8, 4) is 0 Å². The second-order valence-electron chi connectivity index (χ2n) is 3.64. The number of Topliss-reactive ketones (excluding diaryl/α,β-unsaturated/α-hetero) is 1. The van der Waals surface area contributed by atoms with Crippen LogP contribution in [0.5, 0.6) is 0 Å². The number of hydrogen-bond acceptors (Lipinski definition) is 3. The molecule has 1 rings (SSSR count). The average Bonchev–Trinajstić information content (AvgIpc) is 2.18. The first kappa shape index (κ1) is 11.4. The van der Waals surface area contributed by atoms with Crippen LogP contribution in [0.4, 0.5) is 0 Å². The third kappa shape index (κ3) is 2.62. The van der Waals surface area contributed by atoms with Crippen molar-refractivity contribution >= 4 is 11.8 Å². The van der Waals surface area contributed by atoms with Gasteiger partial charge in [-0.2, -0.15) is 0 Å². The van der Waals surface area contributed by atoms with Gasteiger partial charge >= 0.3 is 5.97 Å². The number of hydrogen-bond donors (Lipinski definition) is 1. The Balaban J connectivity index is 2.97. The predicted molar refractivity (Wildman–Crippen MR) is 54.5 cm³/mol. The molecule has 0 fully saturated rings. The Bertz CT molecular complexity index is 359. The van der Waals surface area contributed by atoms with E-state index in [1.165, 1.54) is 12.3 Å². The molecule has 4 heteroatoms. The lowest BCUT2D eigenvalue weighted by Gasteiger charge is -2.13. The summed E-state index contributed by atoms with van der Waals surface area (Å²) in [6, 6.07) is 4.88. The van der Waals surface area contributed by atoms with Crippen LogP contribution in [0, 0.1) is 11.8 Å². The molecule has 80 valence electrons. The van der Waals surface area contributed by atoms with E-state index in [0.717, 1.165) is 0 Å². The zero-order chi connectivity index (χ0) is 11.4. The van der Waals surface area contributed by atoms with E-state index in [4.69, 9.17) is 5.11 Å². The van der Waals surface area contributed by atoms with Crippen molar-refractivity contribution in [2.45, 2.75) is 13.8 Å². The summed E-state index contributed by atoms with van der Waals surface area (Å²) in [5.41, 5.74) is 0.207. The molecule has 0 amide bonds. The summed E-state index contributed by atoms with van der Waals surface area (Å²) < 4.78 is 0. The monoisotopic (exact) mass is 207 g/mol. The van der Waals surface area contributed by atoms with Crippen LogP contribution in [0.25, 0.3) is 0 Å². The minimum Gasteiger partial charge on any atom is -0.481 e. The normalized spacial score (nSPS) is 12.5. The first-order chi connectivity index (χ1) is 7.04. The number of aliphatic carboxylic acids is 1. The Labute approximate surface area is 88.0 Å². The minimum atomic E-state index is -1.10. The molecule has 1 N–H and O–H groups in total. The van der Waals surface area contributed by atoms with Crippen LogP contribution in [0.2, 0.25) is 0 Å². The van der Waals surface area contributed by atoms with Crippen LogP contribution in [0.1, 0.15) is 24.3 Å². The lowest BCUT2D eigenvalue weighted by molar-refractivity contribution is -0.141. The molecule has 1 unspecified atom stereocenters. The molecule has 0 aromatic carbocycles. The number of aromatic nitrogens is 1. The van der Waals surface area contributed by atoms with Gasteiger partial charge in [-0.1, -0.05) is 19.9 Å². The van der Waals surface area contributed by atoms with Crippen LogP contribution in [0.3, 0.4) is 0 Å². The molecule has 1 heterocycles. The molecule has 1 aromatic heterocycles. The van der Waals surface area contributed by atoms with Crippen LogP contribution in [-0.2, 0) is 4.79 Å². The predicted octanol–water partition coefficient (Wildman–Crippen LogP) is 1.62. The SMILES string of the molecule is CC(C)C(C(=O)O)C(=O)c1ccccn1. The highest BCUT2D eigenvalue weighted by atomic mass is 16.4. The van der Waals surface area contributed by atoms with Crippen molar-refractivity contribution < 1.29 is 14.7 Å². The average molecular weight is 207 g/mol. The fourth-order valence-corrected chi connectivity index (χ4v) is 1.37. The van der Waals surface area contributed by atoms with Crippen LogP contribution >= 0.6 is 0 Å². The summed E-state index contributed by atoms with van der Waals surface area (Å²) in [6.45, 7) is 3.42. The molecule has 1 atom stereocenters. The lowest BCUT2D eigenvalue weighted by Crippen LogP contribution is -2.29. The topological polar surface area (TPSA) is 67.3 Å². The van der Waals surface area contributed by atoms with Crippen LogP contribution in [0.15, 0.2) is 24.4 Å². The minimum absolute atomic E-state index is 0.207. The molecule has 4 nitrogen and oxygen atoms in total. The fourth-order valence-electron chi connectivity index (χ4n) is 1.37. The molecule has 0 saturated carbocycles. The highest BCUT2D eigenvalue weighted by Crippen LogP contribution is 2.16. The Kier molecular flexibility index (Phi) is 3.55. The summed E-state index contributed by atoms with van der Waals surface area (Å²) in [5.74, 6) is -2.78. The molecule has 15 heavy (non-hydrogen) atoms. The van der Waals surface area contributed by atoms with E-state index in [2.05, 4.69) is 4.98 Å². The van der Waals surface area contributed by atoms with Crippen LogP contribution < -0.4 is 0 Å². The lowest BCUT2D eigenvalue weighted by atomic mass is 9.90. The van der Waals surface area contributed by atoms with Crippen molar-refractivity contribution in [1.82, 2.24) is 4.98 Å². The number of ketones is 1. The molecule has 0 aliphatic heterocycles. The summed E-state index contributed by atoms with van der Waals surface area (Å²) in [5, 5.41) is 8.93. The van der Waals surface area contributed by atoms with Crippen molar-refractivity contribution in [2.75, 3.05) is 0 Å². The molecular weight excluding hydrogens is 194 g/mol. The van der Waals surface area contributed by atoms with E-state index in [9.17, 15) is 9.59 Å². The van der Waals surface area contributed by atoms with E-state index in [1.807, 2.05) is 0 Å². The Hall–Kier alpha value is -1.71. The van der Waals surface area contributed by atoms with Gasteiger partial charge < -0.3 is 5.11 Å². The summed E-state index contributed by atoms with van der Waals surface area (Å²) in [4.78, 5) is 26.5. The van der Waals surface area contributed by atoms with Gasteiger partial charge in [0, 0.05) is 6.20 Å². The van der Waals surface area contributed by atoms with E-state index in [1.54, 1.807) is 26.0 Å². The highest BCUT2D eigenvalue weighted by Gasteiger charge is 2.30. The molecule has 1 aromatic rings. The van der Waals surface area contributed by atoms with Gasteiger partial charge in [0.2, 0.25) is 0 Å². The number of carbonyl (C=O) groups is 2. The quantitative estimate of drug-likeness (QED) is 0.601. The first-order valence-corrected chi connectivity index (χ1v) is 4.72. The Morgan fingerprint density at radius 3 is 2.40 bits per heavy atom. The Morgan fingerprint density at radius 1 is 1.33 bits per heavy atom. The molecule has 0 aliphatic carbocycles. The van der Waals surface area contributed by atoms with Crippen molar-refractivity contribution in [3.05, 3.63) is 30.1 Å². The van der Waals surface area contributed by atoms with Gasteiger partial charge in [-0.3, -0.25) is 14.6 Å². The first-order valence-electron chi connectivity index (χ1n) is 4.72. The molecule has 0 radical (unpaired) electrons. The maximum atomic E-state index is 11.8. The number of rotatable bonds is 4. The second kappa shape index (κ2) is 4.68. The third-order valence-electron chi connectivity index (χ3n) is 2.13. The Morgan fingerprint density at radius 2 is 2.00 bits per heavy atom.